The first-order valence-electron chi connectivity index (χ1n) is 9.12. The molecule has 0 fully saturated rings. The molecule has 0 spiro atoms. The summed E-state index contributed by atoms with van der Waals surface area (Å²) in [7, 11) is 0. The number of amides is 1. The lowest BCUT2D eigenvalue weighted by molar-refractivity contribution is -0.132. The molecule has 23 heavy (non-hydrogen) atoms. The number of hydrogen-bond acceptors (Lipinski definition) is 2. The quantitative estimate of drug-likeness (QED) is 0.634. The van der Waals surface area contributed by atoms with Gasteiger partial charge >= 0.3 is 0 Å². The van der Waals surface area contributed by atoms with Crippen molar-refractivity contribution in [2.24, 2.45) is 5.41 Å². The Morgan fingerprint density at radius 2 is 1.87 bits per heavy atom. The molecule has 0 aromatic heterocycles. The molecule has 0 N–H and O–H groups in total. The molecule has 0 atom stereocenters. The van der Waals surface area contributed by atoms with Crippen LogP contribution in [0.3, 0.4) is 0 Å². The largest absolute Gasteiger partial charge is 0.316 e. The SMILES string of the molecule is CCCCCCCN1C(=O)CC(C)(C)C2=C1CCC(C(C)=O)=C2. The number of Topliss-reactive ketones (excluding diaryl/α,β-unsaturated/α-hetero) is 1. The maximum atomic E-state index is 12.6. The van der Waals surface area contributed by atoms with E-state index >= 15 is 0 Å². The van der Waals surface area contributed by atoms with Gasteiger partial charge < -0.3 is 4.90 Å². The molecule has 128 valence electrons. The molecule has 0 unspecified atom stereocenters. The molecule has 2 rings (SSSR count). The average Bonchev–Trinajstić information content (AvgIpc) is 2.49. The molecular weight excluding hydrogens is 286 g/mol. The molecule has 0 radical (unpaired) electrons. The van der Waals surface area contributed by atoms with E-state index in [0.717, 1.165) is 31.4 Å². The van der Waals surface area contributed by atoms with E-state index in [1.165, 1.54) is 37.0 Å². The van der Waals surface area contributed by atoms with Crippen molar-refractivity contribution in [3.05, 3.63) is 22.9 Å². The van der Waals surface area contributed by atoms with Crippen LogP contribution in [0.4, 0.5) is 0 Å². The molecule has 3 heteroatoms. The van der Waals surface area contributed by atoms with Gasteiger partial charge in [0.15, 0.2) is 5.78 Å². The van der Waals surface area contributed by atoms with E-state index < -0.39 is 0 Å². The van der Waals surface area contributed by atoms with Crippen molar-refractivity contribution >= 4 is 11.7 Å². The third-order valence-electron chi connectivity index (χ3n) is 5.15. The highest BCUT2D eigenvalue weighted by Gasteiger charge is 2.39. The van der Waals surface area contributed by atoms with Crippen LogP contribution in [0, 0.1) is 5.41 Å². The minimum absolute atomic E-state index is 0.160. The normalized spacial score (nSPS) is 20.4. The van der Waals surface area contributed by atoms with Gasteiger partial charge in [-0.3, -0.25) is 9.59 Å². The lowest BCUT2D eigenvalue weighted by Crippen LogP contribution is -2.42. The Hall–Kier alpha value is -1.38. The first kappa shape index (κ1) is 18.0. The fourth-order valence-electron chi connectivity index (χ4n) is 3.71. The van der Waals surface area contributed by atoms with Gasteiger partial charge in [-0.1, -0.05) is 46.5 Å². The third-order valence-corrected chi connectivity index (χ3v) is 5.15. The average molecular weight is 317 g/mol. The number of allylic oxidation sites excluding steroid dienone is 4. The fourth-order valence-corrected chi connectivity index (χ4v) is 3.71. The van der Waals surface area contributed by atoms with Crippen LogP contribution in [0.1, 0.15) is 79.1 Å². The first-order valence-corrected chi connectivity index (χ1v) is 9.12. The van der Waals surface area contributed by atoms with Gasteiger partial charge in [0.05, 0.1) is 0 Å². The molecule has 2 aliphatic rings. The summed E-state index contributed by atoms with van der Waals surface area (Å²) in [5, 5.41) is 0. The van der Waals surface area contributed by atoms with E-state index in [1.54, 1.807) is 6.92 Å². The highest BCUT2D eigenvalue weighted by atomic mass is 16.2. The van der Waals surface area contributed by atoms with Gasteiger partial charge in [-0.15, -0.1) is 0 Å². The van der Waals surface area contributed by atoms with Crippen molar-refractivity contribution < 1.29 is 9.59 Å². The Morgan fingerprint density at radius 1 is 1.17 bits per heavy atom. The zero-order valence-corrected chi connectivity index (χ0v) is 15.2. The molecule has 0 saturated carbocycles. The Labute approximate surface area is 140 Å². The molecule has 3 nitrogen and oxygen atoms in total. The summed E-state index contributed by atoms with van der Waals surface area (Å²) in [6, 6.07) is 0. The number of ketones is 1. The lowest BCUT2D eigenvalue weighted by Gasteiger charge is -2.42. The zero-order valence-electron chi connectivity index (χ0n) is 15.2. The van der Waals surface area contributed by atoms with Crippen LogP contribution in [0.15, 0.2) is 22.9 Å². The van der Waals surface area contributed by atoms with Crippen LogP contribution >= 0.6 is 0 Å². The van der Waals surface area contributed by atoms with E-state index in [-0.39, 0.29) is 17.1 Å². The van der Waals surface area contributed by atoms with Gasteiger partial charge in [0.1, 0.15) is 0 Å². The topological polar surface area (TPSA) is 37.4 Å². The van der Waals surface area contributed by atoms with Gasteiger partial charge in [0.25, 0.3) is 0 Å². The maximum Gasteiger partial charge on any atom is 0.227 e. The Balaban J connectivity index is 2.17. The predicted octanol–water partition coefficient (Wildman–Crippen LogP) is 4.78. The van der Waals surface area contributed by atoms with E-state index in [1.807, 2.05) is 4.90 Å². The van der Waals surface area contributed by atoms with Gasteiger partial charge in [-0.05, 0) is 43.4 Å². The summed E-state index contributed by atoms with van der Waals surface area (Å²) in [5.74, 6) is 0.416. The summed E-state index contributed by atoms with van der Waals surface area (Å²) in [5.41, 5.74) is 3.13. The molecule has 0 aromatic carbocycles. The maximum absolute atomic E-state index is 12.6. The summed E-state index contributed by atoms with van der Waals surface area (Å²) in [4.78, 5) is 26.3. The third kappa shape index (κ3) is 4.13. The van der Waals surface area contributed by atoms with Crippen molar-refractivity contribution in [2.75, 3.05) is 6.54 Å². The summed E-state index contributed by atoms with van der Waals surface area (Å²) < 4.78 is 0. The number of rotatable bonds is 7. The first-order chi connectivity index (χ1) is 10.9. The van der Waals surface area contributed by atoms with Crippen LogP contribution < -0.4 is 0 Å². The molecule has 1 aliphatic heterocycles. The predicted molar refractivity (Wildman–Crippen MR) is 93.9 cm³/mol. The number of carbonyl (C=O) groups excluding carboxylic acids is 2. The minimum atomic E-state index is -0.160. The van der Waals surface area contributed by atoms with Gasteiger partial charge in [0.2, 0.25) is 5.91 Å². The van der Waals surface area contributed by atoms with E-state index in [2.05, 4.69) is 26.8 Å². The van der Waals surface area contributed by atoms with Crippen LogP contribution in [0.25, 0.3) is 0 Å². The number of unbranched alkanes of at least 4 members (excludes halogenated alkanes) is 4. The number of carbonyl (C=O) groups is 2. The van der Waals surface area contributed by atoms with Crippen LogP contribution in [0.2, 0.25) is 0 Å². The van der Waals surface area contributed by atoms with E-state index in [0.29, 0.717) is 6.42 Å². The molecule has 1 heterocycles. The van der Waals surface area contributed by atoms with Crippen molar-refractivity contribution in [2.45, 2.75) is 79.1 Å². The molecule has 1 aliphatic carbocycles. The number of hydrogen-bond donors (Lipinski definition) is 0. The van der Waals surface area contributed by atoms with Crippen molar-refractivity contribution in [1.29, 1.82) is 0 Å². The molecule has 0 saturated heterocycles. The van der Waals surface area contributed by atoms with Gasteiger partial charge in [-0.2, -0.15) is 0 Å². The number of nitrogens with zero attached hydrogens (tertiary/aromatic N) is 1. The van der Waals surface area contributed by atoms with E-state index in [4.69, 9.17) is 0 Å². The Kier molecular flexibility index (Phi) is 5.83. The summed E-state index contributed by atoms with van der Waals surface area (Å²) in [6.07, 6.45) is 10.2. The van der Waals surface area contributed by atoms with Gasteiger partial charge in [-0.25, -0.2) is 0 Å². The molecule has 1 amide bonds. The van der Waals surface area contributed by atoms with Crippen molar-refractivity contribution in [1.82, 2.24) is 4.90 Å². The summed E-state index contributed by atoms with van der Waals surface area (Å²) in [6.45, 7) is 8.94. The fraction of sp³-hybridized carbons (Fsp3) is 0.700. The zero-order chi connectivity index (χ0) is 17.0. The van der Waals surface area contributed by atoms with Gasteiger partial charge in [0, 0.05) is 24.1 Å². The monoisotopic (exact) mass is 317 g/mol. The van der Waals surface area contributed by atoms with E-state index in [9.17, 15) is 9.59 Å². The van der Waals surface area contributed by atoms with Crippen LogP contribution in [0.5, 0.6) is 0 Å². The van der Waals surface area contributed by atoms with Crippen LogP contribution in [-0.4, -0.2) is 23.1 Å². The second kappa shape index (κ2) is 7.46. The smallest absolute Gasteiger partial charge is 0.227 e. The minimum Gasteiger partial charge on any atom is -0.316 e. The molecule has 0 aromatic rings. The lowest BCUT2D eigenvalue weighted by atomic mass is 9.73. The second-order valence-electron chi connectivity index (χ2n) is 7.61. The Morgan fingerprint density at radius 3 is 2.52 bits per heavy atom. The van der Waals surface area contributed by atoms with Crippen LogP contribution in [-0.2, 0) is 9.59 Å². The molecule has 0 bridgehead atoms. The summed E-state index contributed by atoms with van der Waals surface area (Å²) >= 11 is 0. The standard InChI is InChI=1S/C20H31NO2/c1-5-6-7-8-9-12-21-18-11-10-16(15(2)22)13-17(18)20(3,4)14-19(21)23/h13H,5-12,14H2,1-4H3. The Bertz CT molecular complexity index is 540. The van der Waals surface area contributed by atoms with Crippen molar-refractivity contribution in [3.8, 4) is 0 Å². The molecular formula is C20H31NO2. The van der Waals surface area contributed by atoms with Crippen molar-refractivity contribution in [3.63, 3.8) is 0 Å². The highest BCUT2D eigenvalue weighted by Crippen LogP contribution is 2.44. The highest BCUT2D eigenvalue weighted by molar-refractivity contribution is 5.94. The second-order valence-corrected chi connectivity index (χ2v) is 7.61.